The second-order valence-corrected chi connectivity index (χ2v) is 7.57. The van der Waals surface area contributed by atoms with Gasteiger partial charge in [0.05, 0.1) is 18.1 Å². The topological polar surface area (TPSA) is 72.9 Å². The van der Waals surface area contributed by atoms with Gasteiger partial charge >= 0.3 is 11.9 Å². The first-order chi connectivity index (χ1) is 12.9. The van der Waals surface area contributed by atoms with Gasteiger partial charge in [0.2, 0.25) is 0 Å². The molecule has 0 spiro atoms. The summed E-state index contributed by atoms with van der Waals surface area (Å²) in [5.41, 5.74) is 0. The van der Waals surface area contributed by atoms with Crippen LogP contribution in [0.2, 0.25) is 5.02 Å². The predicted octanol–water partition coefficient (Wildman–Crippen LogP) is 3.26. The Morgan fingerprint density at radius 3 is 2.67 bits per heavy atom. The molecule has 0 atom stereocenters. The molecular weight excluding hydrogens is 397 g/mol. The molecule has 0 saturated carbocycles. The summed E-state index contributed by atoms with van der Waals surface area (Å²) in [5.74, 6) is -1.97. The molecule has 6 nitrogen and oxygen atoms in total. The van der Waals surface area contributed by atoms with Gasteiger partial charge in [0.1, 0.15) is 10.7 Å². The van der Waals surface area contributed by atoms with Gasteiger partial charge in [-0.2, -0.15) is 0 Å². The zero-order valence-electron chi connectivity index (χ0n) is 14.5. The Bertz CT molecular complexity index is 891. The van der Waals surface area contributed by atoms with Crippen LogP contribution in [0.5, 0.6) is 0 Å². The standard InChI is InChI=1S/C18H17ClFNO5S/c1-25-17(23)10-4-6-21(7-5-10)14(22)9-26-18(24)16-15(19)12-3-2-11(20)8-13(12)27-16/h2-3,8,10H,4-7,9H2,1H3. The zero-order valence-corrected chi connectivity index (χ0v) is 16.1. The number of rotatable bonds is 4. The van der Waals surface area contributed by atoms with Crippen molar-refractivity contribution in [1.82, 2.24) is 4.90 Å². The molecule has 2 heterocycles. The number of halogens is 2. The third kappa shape index (κ3) is 4.22. The largest absolute Gasteiger partial charge is 0.469 e. The number of esters is 2. The Labute approximate surface area is 163 Å². The summed E-state index contributed by atoms with van der Waals surface area (Å²) in [6, 6.07) is 4.05. The van der Waals surface area contributed by atoms with E-state index in [1.54, 1.807) is 4.90 Å². The van der Waals surface area contributed by atoms with Crippen LogP contribution in [0.15, 0.2) is 18.2 Å². The van der Waals surface area contributed by atoms with Crippen molar-refractivity contribution in [3.05, 3.63) is 33.9 Å². The molecular formula is C18H17ClFNO5S. The number of benzene rings is 1. The van der Waals surface area contributed by atoms with E-state index in [0.717, 1.165) is 11.3 Å². The minimum absolute atomic E-state index is 0.134. The van der Waals surface area contributed by atoms with Gasteiger partial charge in [0.25, 0.3) is 5.91 Å². The summed E-state index contributed by atoms with van der Waals surface area (Å²) in [5, 5.41) is 0.748. The van der Waals surface area contributed by atoms with Crippen molar-refractivity contribution in [1.29, 1.82) is 0 Å². The van der Waals surface area contributed by atoms with Crippen molar-refractivity contribution >= 4 is 50.9 Å². The van der Waals surface area contributed by atoms with Gasteiger partial charge in [-0.3, -0.25) is 9.59 Å². The van der Waals surface area contributed by atoms with Crippen LogP contribution in [0.1, 0.15) is 22.5 Å². The van der Waals surface area contributed by atoms with E-state index in [-0.39, 0.29) is 27.7 Å². The van der Waals surface area contributed by atoms with E-state index in [9.17, 15) is 18.8 Å². The van der Waals surface area contributed by atoms with E-state index in [4.69, 9.17) is 21.1 Å². The van der Waals surface area contributed by atoms with Crippen molar-refractivity contribution in [2.45, 2.75) is 12.8 Å². The maximum absolute atomic E-state index is 13.3. The molecule has 1 aromatic carbocycles. The number of likely N-dealkylation sites (tertiary alicyclic amines) is 1. The minimum Gasteiger partial charge on any atom is -0.469 e. The fourth-order valence-electron chi connectivity index (χ4n) is 2.99. The second kappa shape index (κ2) is 8.22. The highest BCUT2D eigenvalue weighted by molar-refractivity contribution is 7.21. The first-order valence-electron chi connectivity index (χ1n) is 8.31. The Hall–Kier alpha value is -2.19. The molecule has 2 aromatic rings. The SMILES string of the molecule is COC(=O)C1CCN(C(=O)COC(=O)c2sc3cc(F)ccc3c2Cl)CC1. The molecule has 1 amide bonds. The number of hydrogen-bond donors (Lipinski definition) is 0. The van der Waals surface area contributed by atoms with Crippen LogP contribution < -0.4 is 0 Å². The Morgan fingerprint density at radius 2 is 2.00 bits per heavy atom. The average molecular weight is 414 g/mol. The second-order valence-electron chi connectivity index (χ2n) is 6.14. The lowest BCUT2D eigenvalue weighted by atomic mass is 9.97. The fraction of sp³-hybridized carbons (Fsp3) is 0.389. The maximum Gasteiger partial charge on any atom is 0.350 e. The number of carbonyl (C=O) groups excluding carboxylic acids is 3. The number of amides is 1. The highest BCUT2D eigenvalue weighted by atomic mass is 35.5. The van der Waals surface area contributed by atoms with Gasteiger partial charge in [0, 0.05) is 23.2 Å². The fourth-order valence-corrected chi connectivity index (χ4v) is 4.41. The molecule has 144 valence electrons. The van der Waals surface area contributed by atoms with E-state index in [1.165, 1.54) is 25.3 Å². The van der Waals surface area contributed by atoms with Crippen LogP contribution in [-0.2, 0) is 19.1 Å². The molecule has 0 aliphatic carbocycles. The molecule has 0 radical (unpaired) electrons. The van der Waals surface area contributed by atoms with Crippen LogP contribution in [0.25, 0.3) is 10.1 Å². The third-order valence-electron chi connectivity index (χ3n) is 4.49. The first-order valence-corrected chi connectivity index (χ1v) is 9.50. The van der Waals surface area contributed by atoms with Crippen molar-refractivity contribution in [3.8, 4) is 0 Å². The molecule has 1 aliphatic heterocycles. The van der Waals surface area contributed by atoms with E-state index < -0.39 is 18.4 Å². The van der Waals surface area contributed by atoms with Crippen LogP contribution in [0.3, 0.4) is 0 Å². The number of carbonyl (C=O) groups is 3. The van der Waals surface area contributed by atoms with Crippen molar-refractivity contribution in [3.63, 3.8) is 0 Å². The molecule has 1 aromatic heterocycles. The monoisotopic (exact) mass is 413 g/mol. The van der Waals surface area contributed by atoms with E-state index in [1.807, 2.05) is 0 Å². The van der Waals surface area contributed by atoms with Gasteiger partial charge in [-0.1, -0.05) is 11.6 Å². The number of methoxy groups -OCH3 is 1. The highest BCUT2D eigenvalue weighted by Gasteiger charge is 2.28. The molecule has 1 fully saturated rings. The van der Waals surface area contributed by atoms with E-state index >= 15 is 0 Å². The van der Waals surface area contributed by atoms with Gasteiger partial charge in [-0.15, -0.1) is 11.3 Å². The van der Waals surface area contributed by atoms with Crippen molar-refractivity contribution in [2.24, 2.45) is 5.92 Å². The first kappa shape index (κ1) is 19.6. The lowest BCUT2D eigenvalue weighted by molar-refractivity contribution is -0.149. The molecule has 1 aliphatic rings. The van der Waals surface area contributed by atoms with Crippen LogP contribution in [0, 0.1) is 11.7 Å². The number of thiophene rings is 1. The van der Waals surface area contributed by atoms with E-state index in [0.29, 0.717) is 36.0 Å². The molecule has 27 heavy (non-hydrogen) atoms. The highest BCUT2D eigenvalue weighted by Crippen LogP contribution is 2.36. The number of piperidine rings is 1. The number of fused-ring (bicyclic) bond motifs is 1. The van der Waals surface area contributed by atoms with Crippen LogP contribution >= 0.6 is 22.9 Å². The lowest BCUT2D eigenvalue weighted by Crippen LogP contribution is -2.42. The Morgan fingerprint density at radius 1 is 1.30 bits per heavy atom. The molecule has 0 N–H and O–H groups in total. The van der Waals surface area contributed by atoms with E-state index in [2.05, 4.69) is 0 Å². The summed E-state index contributed by atoms with van der Waals surface area (Å²) >= 11 is 7.19. The zero-order chi connectivity index (χ0) is 19.6. The summed E-state index contributed by atoms with van der Waals surface area (Å²) in [7, 11) is 1.34. The van der Waals surface area contributed by atoms with Crippen molar-refractivity contribution < 1.29 is 28.2 Å². The molecule has 9 heteroatoms. The number of nitrogens with zero attached hydrogens (tertiary/aromatic N) is 1. The summed E-state index contributed by atoms with van der Waals surface area (Å²) in [6.45, 7) is 0.388. The quantitative estimate of drug-likeness (QED) is 0.719. The number of ether oxygens (including phenoxy) is 2. The predicted molar refractivity (Wildman–Crippen MR) is 98.4 cm³/mol. The molecule has 0 bridgehead atoms. The molecule has 1 saturated heterocycles. The normalized spacial score (nSPS) is 15.0. The van der Waals surface area contributed by atoms with Gasteiger partial charge in [0.15, 0.2) is 6.61 Å². The van der Waals surface area contributed by atoms with Gasteiger partial charge in [-0.25, -0.2) is 9.18 Å². The van der Waals surface area contributed by atoms with Crippen molar-refractivity contribution in [2.75, 3.05) is 26.8 Å². The Balaban J connectivity index is 1.57. The number of hydrogen-bond acceptors (Lipinski definition) is 6. The van der Waals surface area contributed by atoms with Crippen LogP contribution in [-0.4, -0.2) is 49.6 Å². The maximum atomic E-state index is 13.3. The average Bonchev–Trinajstić information content (AvgIpc) is 3.01. The molecule has 3 rings (SSSR count). The van der Waals surface area contributed by atoms with Gasteiger partial charge < -0.3 is 14.4 Å². The Kier molecular flexibility index (Phi) is 5.96. The third-order valence-corrected chi connectivity index (χ3v) is 6.12. The van der Waals surface area contributed by atoms with Gasteiger partial charge in [-0.05, 0) is 31.0 Å². The molecule has 0 unspecified atom stereocenters. The smallest absolute Gasteiger partial charge is 0.350 e. The summed E-state index contributed by atoms with van der Waals surface area (Å²) < 4.78 is 23.6. The van der Waals surface area contributed by atoms with Crippen LogP contribution in [0.4, 0.5) is 4.39 Å². The minimum atomic E-state index is -0.723. The summed E-state index contributed by atoms with van der Waals surface area (Å²) in [6.07, 6.45) is 1.03. The summed E-state index contributed by atoms with van der Waals surface area (Å²) in [4.78, 5) is 37.7. The lowest BCUT2D eigenvalue weighted by Gasteiger charge is -2.30.